The number of pyridine rings is 1. The minimum Gasteiger partial charge on any atom is -0.486 e. The molecular formula is C20H24N4O2. The second kappa shape index (κ2) is 7.56. The molecule has 26 heavy (non-hydrogen) atoms. The molecule has 3 rings (SSSR count). The Morgan fingerprint density at radius 2 is 2.08 bits per heavy atom. The summed E-state index contributed by atoms with van der Waals surface area (Å²) >= 11 is 0. The second-order valence-electron chi connectivity index (χ2n) is 6.75. The normalized spacial score (nSPS) is 11.2. The summed E-state index contributed by atoms with van der Waals surface area (Å²) in [5.41, 5.74) is 2.66. The number of aromatic nitrogens is 4. The van der Waals surface area contributed by atoms with E-state index in [2.05, 4.69) is 30.7 Å². The first-order valence-electron chi connectivity index (χ1n) is 8.74. The zero-order valence-electron chi connectivity index (χ0n) is 15.5. The highest BCUT2D eigenvalue weighted by atomic mass is 16.5. The van der Waals surface area contributed by atoms with Gasteiger partial charge in [0.25, 0.3) is 5.56 Å². The maximum Gasteiger partial charge on any atom is 0.254 e. The predicted octanol–water partition coefficient (Wildman–Crippen LogP) is 3.31. The Kier molecular flexibility index (Phi) is 5.21. The van der Waals surface area contributed by atoms with Crippen LogP contribution in [-0.4, -0.2) is 19.6 Å². The molecular weight excluding hydrogens is 328 g/mol. The summed E-state index contributed by atoms with van der Waals surface area (Å²) in [4.78, 5) is 12.1. The minimum atomic E-state index is -0.102. The van der Waals surface area contributed by atoms with Crippen LogP contribution in [0.15, 0.2) is 53.5 Å². The van der Waals surface area contributed by atoms with Crippen LogP contribution >= 0.6 is 0 Å². The lowest BCUT2D eigenvalue weighted by Gasteiger charge is -2.10. The van der Waals surface area contributed by atoms with Crippen LogP contribution in [0.25, 0.3) is 10.9 Å². The van der Waals surface area contributed by atoms with Crippen LogP contribution in [0.5, 0.6) is 5.75 Å². The van der Waals surface area contributed by atoms with E-state index >= 15 is 0 Å². The van der Waals surface area contributed by atoms with Gasteiger partial charge in [-0.1, -0.05) is 43.3 Å². The molecule has 0 N–H and O–H groups in total. The van der Waals surface area contributed by atoms with E-state index in [1.54, 1.807) is 16.3 Å². The fraction of sp³-hybridized carbons (Fsp3) is 0.350. The first-order chi connectivity index (χ1) is 12.5. The highest BCUT2D eigenvalue weighted by molar-refractivity contribution is 5.85. The van der Waals surface area contributed by atoms with Crippen LogP contribution in [0.2, 0.25) is 0 Å². The standard InChI is InChI=1S/C20H24N4O2/c1-14(2)15(3)9-10-24-12-16(21-22-24)13-26-19-11-20(25)23(4)18-8-6-5-7-17(18)19/h5-8,11-12,14H,3,9-10,13H2,1-2,4H3. The molecule has 0 aliphatic carbocycles. The highest BCUT2D eigenvalue weighted by Gasteiger charge is 2.09. The van der Waals surface area contributed by atoms with Crippen molar-refractivity contribution in [2.24, 2.45) is 13.0 Å². The number of nitrogens with zero attached hydrogens (tertiary/aromatic N) is 4. The van der Waals surface area contributed by atoms with Crippen molar-refractivity contribution in [1.29, 1.82) is 0 Å². The number of hydrogen-bond acceptors (Lipinski definition) is 4. The van der Waals surface area contributed by atoms with Gasteiger partial charge < -0.3 is 9.30 Å². The molecule has 0 spiro atoms. The van der Waals surface area contributed by atoms with E-state index in [9.17, 15) is 4.79 Å². The van der Waals surface area contributed by atoms with Gasteiger partial charge in [0.15, 0.2) is 0 Å². The fourth-order valence-electron chi connectivity index (χ4n) is 2.71. The Hall–Kier alpha value is -2.89. The Labute approximate surface area is 152 Å². The molecule has 0 saturated carbocycles. The summed E-state index contributed by atoms with van der Waals surface area (Å²) in [6, 6.07) is 9.19. The summed E-state index contributed by atoms with van der Waals surface area (Å²) < 4.78 is 9.28. The zero-order chi connectivity index (χ0) is 18.7. The first kappa shape index (κ1) is 17.9. The van der Waals surface area contributed by atoms with Crippen molar-refractivity contribution in [3.05, 3.63) is 64.7 Å². The van der Waals surface area contributed by atoms with Crippen LogP contribution in [0.4, 0.5) is 0 Å². The van der Waals surface area contributed by atoms with Gasteiger partial charge in [-0.15, -0.1) is 5.10 Å². The van der Waals surface area contributed by atoms with E-state index in [4.69, 9.17) is 4.74 Å². The molecule has 0 unspecified atom stereocenters. The molecule has 0 atom stereocenters. The van der Waals surface area contributed by atoms with E-state index in [1.807, 2.05) is 30.5 Å². The van der Waals surface area contributed by atoms with Crippen molar-refractivity contribution in [3.8, 4) is 5.75 Å². The highest BCUT2D eigenvalue weighted by Crippen LogP contribution is 2.23. The third-order valence-corrected chi connectivity index (χ3v) is 4.56. The molecule has 6 heteroatoms. The van der Waals surface area contributed by atoms with Crippen molar-refractivity contribution >= 4 is 10.9 Å². The summed E-state index contributed by atoms with van der Waals surface area (Å²) in [5, 5.41) is 9.18. The summed E-state index contributed by atoms with van der Waals surface area (Å²) in [7, 11) is 1.76. The Balaban J connectivity index is 1.71. The monoisotopic (exact) mass is 352 g/mol. The second-order valence-corrected chi connectivity index (χ2v) is 6.75. The lowest BCUT2D eigenvalue weighted by Crippen LogP contribution is -2.16. The van der Waals surface area contributed by atoms with Gasteiger partial charge >= 0.3 is 0 Å². The van der Waals surface area contributed by atoms with Gasteiger partial charge in [-0.3, -0.25) is 9.48 Å². The van der Waals surface area contributed by atoms with E-state index in [-0.39, 0.29) is 12.2 Å². The van der Waals surface area contributed by atoms with E-state index < -0.39 is 0 Å². The van der Waals surface area contributed by atoms with Gasteiger partial charge in [-0.2, -0.15) is 0 Å². The number of rotatable bonds is 7. The van der Waals surface area contributed by atoms with E-state index in [1.165, 1.54) is 11.6 Å². The van der Waals surface area contributed by atoms with Gasteiger partial charge in [-0.05, 0) is 24.5 Å². The van der Waals surface area contributed by atoms with Crippen LogP contribution in [-0.2, 0) is 20.2 Å². The lowest BCUT2D eigenvalue weighted by atomic mass is 10.0. The maximum absolute atomic E-state index is 12.1. The van der Waals surface area contributed by atoms with Crippen LogP contribution < -0.4 is 10.3 Å². The number of aryl methyl sites for hydroxylation is 2. The largest absolute Gasteiger partial charge is 0.486 e. The van der Waals surface area contributed by atoms with Crippen LogP contribution in [0, 0.1) is 5.92 Å². The van der Waals surface area contributed by atoms with Gasteiger partial charge in [0.2, 0.25) is 0 Å². The third-order valence-electron chi connectivity index (χ3n) is 4.56. The molecule has 0 radical (unpaired) electrons. The van der Waals surface area contributed by atoms with Crippen molar-refractivity contribution in [1.82, 2.24) is 19.6 Å². The van der Waals surface area contributed by atoms with Gasteiger partial charge in [0, 0.05) is 25.0 Å². The van der Waals surface area contributed by atoms with Crippen LogP contribution in [0.1, 0.15) is 26.0 Å². The Bertz CT molecular complexity index is 985. The average molecular weight is 352 g/mol. The molecule has 3 aromatic rings. The van der Waals surface area contributed by atoms with Crippen molar-refractivity contribution < 1.29 is 4.74 Å². The number of para-hydroxylation sites is 1. The number of benzene rings is 1. The fourth-order valence-corrected chi connectivity index (χ4v) is 2.71. The molecule has 1 aromatic carbocycles. The van der Waals surface area contributed by atoms with Gasteiger partial charge in [0.1, 0.15) is 18.1 Å². The molecule has 0 fully saturated rings. The molecule has 0 amide bonds. The number of fused-ring (bicyclic) bond motifs is 1. The van der Waals surface area contributed by atoms with E-state index in [0.717, 1.165) is 29.6 Å². The molecule has 2 aromatic heterocycles. The summed E-state index contributed by atoms with van der Waals surface area (Å²) in [6.45, 7) is 9.37. The Morgan fingerprint density at radius 3 is 2.85 bits per heavy atom. The Morgan fingerprint density at radius 1 is 1.31 bits per heavy atom. The number of hydrogen-bond donors (Lipinski definition) is 0. The van der Waals surface area contributed by atoms with Crippen molar-refractivity contribution in [2.45, 2.75) is 33.4 Å². The van der Waals surface area contributed by atoms with E-state index in [0.29, 0.717) is 11.7 Å². The predicted molar refractivity (Wildman–Crippen MR) is 102 cm³/mol. The molecule has 136 valence electrons. The quantitative estimate of drug-likeness (QED) is 0.612. The molecule has 6 nitrogen and oxygen atoms in total. The zero-order valence-corrected chi connectivity index (χ0v) is 15.5. The molecule has 0 aliphatic rings. The van der Waals surface area contributed by atoms with Gasteiger partial charge in [-0.25, -0.2) is 0 Å². The smallest absolute Gasteiger partial charge is 0.254 e. The van der Waals surface area contributed by atoms with Gasteiger partial charge in [0.05, 0.1) is 11.7 Å². The first-order valence-corrected chi connectivity index (χ1v) is 8.74. The molecule has 0 saturated heterocycles. The van der Waals surface area contributed by atoms with Crippen molar-refractivity contribution in [3.63, 3.8) is 0 Å². The third kappa shape index (κ3) is 3.85. The topological polar surface area (TPSA) is 61.9 Å². The maximum atomic E-state index is 12.1. The SMILES string of the molecule is C=C(CCn1cc(COc2cc(=O)n(C)c3ccccc23)nn1)C(C)C. The summed E-state index contributed by atoms with van der Waals surface area (Å²) in [5.74, 6) is 1.03. The molecule has 0 bridgehead atoms. The molecule has 0 aliphatic heterocycles. The lowest BCUT2D eigenvalue weighted by molar-refractivity contribution is 0.304. The van der Waals surface area contributed by atoms with Crippen LogP contribution in [0.3, 0.4) is 0 Å². The number of allylic oxidation sites excluding steroid dienone is 1. The number of ether oxygens (including phenoxy) is 1. The average Bonchev–Trinajstić information content (AvgIpc) is 3.09. The summed E-state index contributed by atoms with van der Waals surface area (Å²) in [6.07, 6.45) is 2.75. The van der Waals surface area contributed by atoms with Crippen molar-refractivity contribution in [2.75, 3.05) is 0 Å². The molecule has 2 heterocycles. The minimum absolute atomic E-state index is 0.102.